The highest BCUT2D eigenvalue weighted by atomic mass is 35.5. The van der Waals surface area contributed by atoms with Crippen molar-refractivity contribution in [1.29, 1.82) is 0 Å². The Morgan fingerprint density at radius 1 is 1.38 bits per heavy atom. The van der Waals surface area contributed by atoms with Crippen LogP contribution in [0, 0.1) is 0 Å². The molecule has 1 saturated heterocycles. The first-order valence-electron chi connectivity index (χ1n) is 5.42. The molecular weight excluding hydrogens is 226 g/mol. The number of hydrogen-bond donors (Lipinski definition) is 1. The summed E-state index contributed by atoms with van der Waals surface area (Å²) in [5.74, 6) is 0.235. The minimum absolute atomic E-state index is 0.0880. The first-order valence-corrected chi connectivity index (χ1v) is 5.80. The van der Waals surface area contributed by atoms with Crippen LogP contribution in [0.15, 0.2) is 18.2 Å². The van der Waals surface area contributed by atoms with Gasteiger partial charge in [-0.25, -0.2) is 0 Å². The predicted molar refractivity (Wildman–Crippen MR) is 62.6 cm³/mol. The Kier molecular flexibility index (Phi) is 3.34. The van der Waals surface area contributed by atoms with Crippen molar-refractivity contribution >= 4 is 17.5 Å². The number of aromatic hydroxyl groups is 1. The lowest BCUT2D eigenvalue weighted by Crippen LogP contribution is -2.29. The maximum absolute atomic E-state index is 11.9. The van der Waals surface area contributed by atoms with Crippen LogP contribution < -0.4 is 0 Å². The highest BCUT2D eigenvalue weighted by Gasteiger charge is 2.18. The van der Waals surface area contributed by atoms with Gasteiger partial charge in [-0.05, 0) is 36.6 Å². The maximum Gasteiger partial charge on any atom is 0.227 e. The lowest BCUT2D eigenvalue weighted by Gasteiger charge is -2.15. The largest absolute Gasteiger partial charge is 0.508 e. The van der Waals surface area contributed by atoms with Gasteiger partial charge in [0.2, 0.25) is 5.91 Å². The normalized spacial score (nSPS) is 15.4. The molecule has 1 amide bonds. The van der Waals surface area contributed by atoms with Gasteiger partial charge >= 0.3 is 0 Å². The summed E-state index contributed by atoms with van der Waals surface area (Å²) in [7, 11) is 0. The van der Waals surface area contributed by atoms with Crippen molar-refractivity contribution in [2.75, 3.05) is 13.1 Å². The highest BCUT2D eigenvalue weighted by Crippen LogP contribution is 2.22. The summed E-state index contributed by atoms with van der Waals surface area (Å²) in [4.78, 5) is 13.7. The van der Waals surface area contributed by atoms with Crippen LogP contribution in [0.1, 0.15) is 18.4 Å². The zero-order valence-corrected chi connectivity index (χ0v) is 9.70. The number of likely N-dealkylation sites (tertiary alicyclic amines) is 1. The van der Waals surface area contributed by atoms with E-state index in [9.17, 15) is 9.90 Å². The number of carbonyl (C=O) groups excluding carboxylic acids is 1. The third-order valence-corrected chi connectivity index (χ3v) is 3.20. The van der Waals surface area contributed by atoms with Gasteiger partial charge in [0, 0.05) is 18.1 Å². The van der Waals surface area contributed by atoms with E-state index in [0.29, 0.717) is 10.6 Å². The second-order valence-corrected chi connectivity index (χ2v) is 4.45. The third kappa shape index (κ3) is 2.47. The fourth-order valence-corrected chi connectivity index (χ4v) is 2.12. The first-order chi connectivity index (χ1) is 7.66. The number of halogens is 1. The molecule has 3 nitrogen and oxygen atoms in total. The van der Waals surface area contributed by atoms with E-state index in [1.165, 1.54) is 6.07 Å². The zero-order chi connectivity index (χ0) is 11.5. The fraction of sp³-hybridized carbons (Fsp3) is 0.417. The topological polar surface area (TPSA) is 40.5 Å². The molecule has 1 heterocycles. The molecule has 1 aliphatic heterocycles. The van der Waals surface area contributed by atoms with Gasteiger partial charge in [-0.15, -0.1) is 0 Å². The van der Waals surface area contributed by atoms with Crippen LogP contribution in [-0.2, 0) is 11.2 Å². The molecule has 0 bridgehead atoms. The van der Waals surface area contributed by atoms with E-state index in [2.05, 4.69) is 0 Å². The van der Waals surface area contributed by atoms with Gasteiger partial charge in [-0.2, -0.15) is 0 Å². The van der Waals surface area contributed by atoms with Crippen LogP contribution >= 0.6 is 11.6 Å². The van der Waals surface area contributed by atoms with Crippen molar-refractivity contribution in [3.8, 4) is 5.75 Å². The van der Waals surface area contributed by atoms with E-state index in [4.69, 9.17) is 11.6 Å². The molecule has 4 heteroatoms. The molecule has 1 fully saturated rings. The van der Waals surface area contributed by atoms with Crippen LogP contribution in [0.5, 0.6) is 5.75 Å². The van der Waals surface area contributed by atoms with E-state index in [-0.39, 0.29) is 18.1 Å². The Labute approximate surface area is 99.6 Å². The summed E-state index contributed by atoms with van der Waals surface area (Å²) >= 11 is 5.97. The predicted octanol–water partition coefficient (Wildman–Crippen LogP) is 2.21. The molecule has 0 spiro atoms. The van der Waals surface area contributed by atoms with Gasteiger partial charge in [0.05, 0.1) is 6.42 Å². The van der Waals surface area contributed by atoms with E-state index in [1.807, 2.05) is 4.90 Å². The monoisotopic (exact) mass is 239 g/mol. The Bertz CT molecular complexity index is 400. The summed E-state index contributed by atoms with van der Waals surface area (Å²) in [5.41, 5.74) is 0.693. The molecule has 86 valence electrons. The lowest BCUT2D eigenvalue weighted by molar-refractivity contribution is -0.129. The van der Waals surface area contributed by atoms with Crippen LogP contribution in [-0.4, -0.2) is 29.0 Å². The molecule has 0 atom stereocenters. The summed E-state index contributed by atoms with van der Waals surface area (Å²) < 4.78 is 0. The van der Waals surface area contributed by atoms with E-state index in [0.717, 1.165) is 25.9 Å². The van der Waals surface area contributed by atoms with Gasteiger partial charge in [-0.1, -0.05) is 11.6 Å². The van der Waals surface area contributed by atoms with Gasteiger partial charge in [0.1, 0.15) is 5.75 Å². The minimum atomic E-state index is 0.0880. The molecule has 0 radical (unpaired) electrons. The molecule has 1 N–H and O–H groups in total. The fourth-order valence-electron chi connectivity index (χ4n) is 1.94. The minimum Gasteiger partial charge on any atom is -0.508 e. The van der Waals surface area contributed by atoms with Crippen LogP contribution in [0.2, 0.25) is 5.02 Å². The number of nitrogens with zero attached hydrogens (tertiary/aromatic N) is 1. The second kappa shape index (κ2) is 4.74. The highest BCUT2D eigenvalue weighted by molar-refractivity contribution is 6.31. The summed E-state index contributed by atoms with van der Waals surface area (Å²) in [6.45, 7) is 1.69. The molecule has 2 rings (SSSR count). The first kappa shape index (κ1) is 11.3. The van der Waals surface area contributed by atoms with Crippen molar-refractivity contribution in [3.05, 3.63) is 28.8 Å². The quantitative estimate of drug-likeness (QED) is 0.860. The van der Waals surface area contributed by atoms with E-state index >= 15 is 0 Å². The van der Waals surface area contributed by atoms with E-state index < -0.39 is 0 Å². The van der Waals surface area contributed by atoms with Crippen LogP contribution in [0.25, 0.3) is 0 Å². The van der Waals surface area contributed by atoms with Crippen LogP contribution in [0.4, 0.5) is 0 Å². The number of benzene rings is 1. The van der Waals surface area contributed by atoms with Crippen molar-refractivity contribution in [2.24, 2.45) is 0 Å². The SMILES string of the molecule is O=C(Cc1cc(O)ccc1Cl)N1CCCC1. The molecule has 1 aliphatic rings. The second-order valence-electron chi connectivity index (χ2n) is 4.04. The zero-order valence-electron chi connectivity index (χ0n) is 8.95. The molecular formula is C12H14ClNO2. The Morgan fingerprint density at radius 2 is 2.06 bits per heavy atom. The number of amides is 1. The number of carbonyl (C=O) groups is 1. The van der Waals surface area contributed by atoms with Crippen molar-refractivity contribution < 1.29 is 9.90 Å². The number of rotatable bonds is 2. The standard InChI is InChI=1S/C12H14ClNO2/c13-11-4-3-10(15)7-9(11)8-12(16)14-5-1-2-6-14/h3-4,7,15H,1-2,5-6,8H2. The Morgan fingerprint density at radius 3 is 2.75 bits per heavy atom. The lowest BCUT2D eigenvalue weighted by atomic mass is 10.1. The molecule has 0 saturated carbocycles. The van der Waals surface area contributed by atoms with Gasteiger partial charge < -0.3 is 10.0 Å². The van der Waals surface area contributed by atoms with Gasteiger partial charge in [-0.3, -0.25) is 4.79 Å². The van der Waals surface area contributed by atoms with Gasteiger partial charge in [0.25, 0.3) is 0 Å². The van der Waals surface area contributed by atoms with Crippen molar-refractivity contribution in [3.63, 3.8) is 0 Å². The van der Waals surface area contributed by atoms with Crippen LogP contribution in [0.3, 0.4) is 0 Å². The van der Waals surface area contributed by atoms with Crippen molar-refractivity contribution in [2.45, 2.75) is 19.3 Å². The van der Waals surface area contributed by atoms with Gasteiger partial charge in [0.15, 0.2) is 0 Å². The maximum atomic E-state index is 11.9. The number of phenols is 1. The molecule has 1 aromatic rings. The third-order valence-electron chi connectivity index (χ3n) is 2.83. The number of phenolic OH excluding ortho intramolecular Hbond substituents is 1. The average molecular weight is 240 g/mol. The number of hydrogen-bond acceptors (Lipinski definition) is 2. The van der Waals surface area contributed by atoms with E-state index in [1.54, 1.807) is 12.1 Å². The van der Waals surface area contributed by atoms with Crippen molar-refractivity contribution in [1.82, 2.24) is 4.90 Å². The average Bonchev–Trinajstić information content (AvgIpc) is 2.76. The Hall–Kier alpha value is -1.22. The molecule has 0 aromatic heterocycles. The summed E-state index contributed by atoms with van der Waals surface area (Å²) in [5, 5.41) is 9.86. The summed E-state index contributed by atoms with van der Waals surface area (Å²) in [6.07, 6.45) is 2.44. The summed E-state index contributed by atoms with van der Waals surface area (Å²) in [6, 6.07) is 4.69. The molecule has 0 aliphatic carbocycles. The molecule has 1 aromatic carbocycles. The Balaban J connectivity index is 2.07. The molecule has 16 heavy (non-hydrogen) atoms. The smallest absolute Gasteiger partial charge is 0.227 e. The molecule has 0 unspecified atom stereocenters.